The van der Waals surface area contributed by atoms with Crippen molar-refractivity contribution in [1.82, 2.24) is 15.3 Å². The van der Waals surface area contributed by atoms with Crippen LogP contribution in [0.15, 0.2) is 36.7 Å². The van der Waals surface area contributed by atoms with E-state index < -0.39 is 5.82 Å². The average Bonchev–Trinajstić information content (AvgIpc) is 3.08. The average molecular weight is 372 g/mol. The van der Waals surface area contributed by atoms with Crippen LogP contribution in [0.2, 0.25) is 5.02 Å². The molecule has 1 saturated heterocycles. The quantitative estimate of drug-likeness (QED) is 0.649. The van der Waals surface area contributed by atoms with Crippen LogP contribution in [0.4, 0.5) is 4.39 Å². The van der Waals surface area contributed by atoms with Crippen LogP contribution < -0.4 is 5.32 Å². The number of pyridine rings is 1. The molecule has 3 heterocycles. The number of halogens is 2. The molecule has 26 heavy (non-hydrogen) atoms. The van der Waals surface area contributed by atoms with Crippen LogP contribution in [0.25, 0.3) is 22.2 Å². The number of hydrogen-bond acceptors (Lipinski definition) is 2. The van der Waals surface area contributed by atoms with E-state index in [9.17, 15) is 4.39 Å². The Kier molecular flexibility index (Phi) is 4.72. The molecule has 0 radical (unpaired) electrons. The van der Waals surface area contributed by atoms with Gasteiger partial charge in [-0.2, -0.15) is 0 Å². The van der Waals surface area contributed by atoms with Crippen LogP contribution in [-0.4, -0.2) is 23.1 Å². The highest BCUT2D eigenvalue weighted by atomic mass is 35.5. The van der Waals surface area contributed by atoms with Crippen molar-refractivity contribution in [3.8, 4) is 11.1 Å². The summed E-state index contributed by atoms with van der Waals surface area (Å²) in [6, 6.07) is 7.06. The molecule has 3 nitrogen and oxygen atoms in total. The van der Waals surface area contributed by atoms with Crippen molar-refractivity contribution in [3.63, 3.8) is 0 Å². The Balaban J connectivity index is 1.69. The molecule has 0 spiro atoms. The Morgan fingerprint density at radius 2 is 2.04 bits per heavy atom. The van der Waals surface area contributed by atoms with Gasteiger partial charge in [-0.1, -0.05) is 24.6 Å². The zero-order valence-corrected chi connectivity index (χ0v) is 15.7. The normalized spacial score (nSPS) is 16.9. The SMILES string of the molecule is CC1(CCc2ccnc3[nH]cc(-c4ccc(Cl)c(F)c4)c23)CCNCC1. The lowest BCUT2D eigenvalue weighted by Gasteiger charge is -2.34. The number of fused-ring (bicyclic) bond motifs is 1. The van der Waals surface area contributed by atoms with E-state index in [0.29, 0.717) is 5.41 Å². The smallest absolute Gasteiger partial charge is 0.142 e. The zero-order valence-electron chi connectivity index (χ0n) is 14.9. The molecular formula is C21H23ClFN3. The number of aromatic amines is 1. The summed E-state index contributed by atoms with van der Waals surface area (Å²) >= 11 is 5.84. The summed E-state index contributed by atoms with van der Waals surface area (Å²) in [5, 5.41) is 4.68. The van der Waals surface area contributed by atoms with Crippen molar-refractivity contribution in [3.05, 3.63) is 53.1 Å². The second kappa shape index (κ2) is 7.01. The largest absolute Gasteiger partial charge is 0.346 e. The molecular weight excluding hydrogens is 349 g/mol. The molecule has 1 fully saturated rings. The Hall–Kier alpha value is -1.91. The first-order valence-corrected chi connectivity index (χ1v) is 9.55. The number of rotatable bonds is 4. The maximum Gasteiger partial charge on any atom is 0.142 e. The van der Waals surface area contributed by atoms with Gasteiger partial charge in [-0.05, 0) is 73.5 Å². The van der Waals surface area contributed by atoms with Crippen LogP contribution in [0, 0.1) is 11.2 Å². The molecule has 0 aliphatic carbocycles. The summed E-state index contributed by atoms with van der Waals surface area (Å²) in [5.41, 5.74) is 4.29. The molecule has 0 unspecified atom stereocenters. The number of nitrogens with zero attached hydrogens (tertiary/aromatic N) is 1. The lowest BCUT2D eigenvalue weighted by atomic mass is 9.76. The minimum absolute atomic E-state index is 0.144. The van der Waals surface area contributed by atoms with Crippen molar-refractivity contribution >= 4 is 22.6 Å². The van der Waals surface area contributed by atoms with Crippen LogP contribution in [0.1, 0.15) is 31.7 Å². The minimum Gasteiger partial charge on any atom is -0.346 e. The lowest BCUT2D eigenvalue weighted by molar-refractivity contribution is 0.212. The van der Waals surface area contributed by atoms with Crippen molar-refractivity contribution < 1.29 is 4.39 Å². The van der Waals surface area contributed by atoms with Gasteiger partial charge >= 0.3 is 0 Å². The predicted octanol–water partition coefficient (Wildman–Crippen LogP) is 5.34. The number of benzene rings is 1. The van der Waals surface area contributed by atoms with E-state index in [4.69, 9.17) is 11.6 Å². The summed E-state index contributed by atoms with van der Waals surface area (Å²) in [7, 11) is 0. The maximum atomic E-state index is 13.9. The highest BCUT2D eigenvalue weighted by Crippen LogP contribution is 2.36. The Labute approximate surface area is 158 Å². The van der Waals surface area contributed by atoms with Crippen LogP contribution in [0.5, 0.6) is 0 Å². The summed E-state index contributed by atoms with van der Waals surface area (Å²) < 4.78 is 13.9. The summed E-state index contributed by atoms with van der Waals surface area (Å²) in [4.78, 5) is 7.69. The fraction of sp³-hybridized carbons (Fsp3) is 0.381. The lowest BCUT2D eigenvalue weighted by Crippen LogP contribution is -2.35. The Bertz CT molecular complexity index is 928. The monoisotopic (exact) mass is 371 g/mol. The number of aromatic nitrogens is 2. The van der Waals surface area contributed by atoms with Gasteiger partial charge in [-0.3, -0.25) is 0 Å². The van der Waals surface area contributed by atoms with E-state index in [0.717, 1.165) is 48.1 Å². The highest BCUT2D eigenvalue weighted by Gasteiger charge is 2.26. The summed E-state index contributed by atoms with van der Waals surface area (Å²) in [6.45, 7) is 4.59. The topological polar surface area (TPSA) is 40.7 Å². The van der Waals surface area contributed by atoms with Crippen LogP contribution in [-0.2, 0) is 6.42 Å². The van der Waals surface area contributed by atoms with Crippen molar-refractivity contribution in [2.75, 3.05) is 13.1 Å². The van der Waals surface area contributed by atoms with Crippen LogP contribution in [0.3, 0.4) is 0 Å². The van der Waals surface area contributed by atoms with Gasteiger partial charge in [-0.25, -0.2) is 9.37 Å². The predicted molar refractivity (Wildman–Crippen MR) is 105 cm³/mol. The number of H-pyrrole nitrogens is 1. The number of piperidine rings is 1. The van der Waals surface area contributed by atoms with Gasteiger partial charge in [0, 0.05) is 23.3 Å². The van der Waals surface area contributed by atoms with Crippen molar-refractivity contribution in [2.24, 2.45) is 5.41 Å². The van der Waals surface area contributed by atoms with E-state index in [1.165, 1.54) is 24.5 Å². The highest BCUT2D eigenvalue weighted by molar-refractivity contribution is 6.30. The molecule has 5 heteroatoms. The van der Waals surface area contributed by atoms with Gasteiger partial charge in [0.1, 0.15) is 11.5 Å². The van der Waals surface area contributed by atoms with E-state index in [-0.39, 0.29) is 5.02 Å². The van der Waals surface area contributed by atoms with E-state index in [1.807, 2.05) is 18.5 Å². The second-order valence-corrected chi connectivity index (χ2v) is 7.99. The molecule has 0 bridgehead atoms. The third-order valence-corrected chi connectivity index (χ3v) is 6.01. The first kappa shape index (κ1) is 17.5. The van der Waals surface area contributed by atoms with Crippen molar-refractivity contribution in [2.45, 2.75) is 32.6 Å². The molecule has 3 aromatic rings. The molecule has 1 aromatic carbocycles. The van der Waals surface area contributed by atoms with Gasteiger partial charge in [0.2, 0.25) is 0 Å². The molecule has 136 valence electrons. The molecule has 0 atom stereocenters. The van der Waals surface area contributed by atoms with Crippen molar-refractivity contribution in [1.29, 1.82) is 0 Å². The third kappa shape index (κ3) is 3.36. The summed E-state index contributed by atoms with van der Waals surface area (Å²) in [6.07, 6.45) is 8.33. The van der Waals surface area contributed by atoms with Gasteiger partial charge in [0.15, 0.2) is 0 Å². The van der Waals surface area contributed by atoms with Gasteiger partial charge in [-0.15, -0.1) is 0 Å². The van der Waals surface area contributed by atoms with Gasteiger partial charge in [0.05, 0.1) is 5.02 Å². The second-order valence-electron chi connectivity index (χ2n) is 7.59. The Morgan fingerprint density at radius 3 is 2.81 bits per heavy atom. The molecule has 2 aromatic heterocycles. The third-order valence-electron chi connectivity index (χ3n) is 5.70. The fourth-order valence-electron chi connectivity index (χ4n) is 3.94. The van der Waals surface area contributed by atoms with Gasteiger partial charge in [0.25, 0.3) is 0 Å². The standard InChI is InChI=1S/C21H23ClFN3/c1-21(7-10-24-11-8-21)6-4-14-5-9-25-20-19(14)16(13-26-20)15-2-3-17(22)18(23)12-15/h2-3,5,9,12-13,24H,4,6-8,10-11H2,1H3,(H,25,26). The molecule has 0 saturated carbocycles. The van der Waals surface area contributed by atoms with E-state index >= 15 is 0 Å². The zero-order chi connectivity index (χ0) is 18.1. The number of hydrogen-bond donors (Lipinski definition) is 2. The van der Waals surface area contributed by atoms with Crippen LogP contribution >= 0.6 is 11.6 Å². The first-order chi connectivity index (χ1) is 12.6. The molecule has 0 amide bonds. The molecule has 1 aliphatic rings. The van der Waals surface area contributed by atoms with E-state index in [2.05, 4.69) is 28.3 Å². The fourth-order valence-corrected chi connectivity index (χ4v) is 4.06. The number of aryl methyl sites for hydroxylation is 1. The first-order valence-electron chi connectivity index (χ1n) is 9.17. The Morgan fingerprint density at radius 1 is 1.23 bits per heavy atom. The number of nitrogens with one attached hydrogen (secondary N) is 2. The van der Waals surface area contributed by atoms with Gasteiger partial charge < -0.3 is 10.3 Å². The maximum absolute atomic E-state index is 13.9. The molecule has 1 aliphatic heterocycles. The minimum atomic E-state index is -0.397. The van der Waals surface area contributed by atoms with E-state index in [1.54, 1.807) is 6.07 Å². The molecule has 4 rings (SSSR count). The summed E-state index contributed by atoms with van der Waals surface area (Å²) in [5.74, 6) is -0.397. The molecule has 2 N–H and O–H groups in total.